The van der Waals surface area contributed by atoms with Crippen molar-refractivity contribution < 1.29 is 13.2 Å². The lowest BCUT2D eigenvalue weighted by molar-refractivity contribution is -0.137. The molecule has 0 saturated heterocycles. The van der Waals surface area contributed by atoms with Crippen LogP contribution < -0.4 is 10.6 Å². The molecule has 0 spiro atoms. The molecule has 3 heterocycles. The smallest absolute Gasteiger partial charge is 0.383 e. The standard InChI is InChI=1S/C13H12F3N5/c14-13(15,16)8-3-9(5-18-4-8)21-2-1-11-10(6-21)12(17)20-7-19-11/h3-5,7H,1-2,6H2,(H2,17,19,20). The predicted octanol–water partition coefficient (Wildman–Crippen LogP) is 2.04. The van der Waals surface area contributed by atoms with Crippen molar-refractivity contribution in [1.29, 1.82) is 0 Å². The number of hydrogen-bond donors (Lipinski definition) is 1. The van der Waals surface area contributed by atoms with Gasteiger partial charge in [-0.05, 0) is 6.07 Å². The summed E-state index contributed by atoms with van der Waals surface area (Å²) in [5.74, 6) is 0.365. The number of fused-ring (bicyclic) bond motifs is 1. The molecule has 2 aromatic rings. The Morgan fingerprint density at radius 1 is 1.19 bits per heavy atom. The normalized spacial score (nSPS) is 14.9. The van der Waals surface area contributed by atoms with Crippen LogP contribution in [-0.2, 0) is 19.1 Å². The SMILES string of the molecule is Nc1ncnc2c1CN(c1cncc(C(F)(F)F)c1)CC2. The van der Waals surface area contributed by atoms with Crippen LogP contribution in [0, 0.1) is 0 Å². The molecule has 0 amide bonds. The van der Waals surface area contributed by atoms with Crippen molar-refractivity contribution in [3.8, 4) is 0 Å². The van der Waals surface area contributed by atoms with E-state index in [4.69, 9.17) is 5.73 Å². The molecule has 0 bridgehead atoms. The van der Waals surface area contributed by atoms with Gasteiger partial charge >= 0.3 is 6.18 Å². The minimum atomic E-state index is -4.40. The Kier molecular flexibility index (Phi) is 3.15. The van der Waals surface area contributed by atoms with E-state index in [-0.39, 0.29) is 0 Å². The van der Waals surface area contributed by atoms with Gasteiger partial charge in [0.15, 0.2) is 0 Å². The van der Waals surface area contributed by atoms with E-state index >= 15 is 0 Å². The molecule has 3 rings (SSSR count). The Balaban J connectivity index is 1.91. The van der Waals surface area contributed by atoms with Gasteiger partial charge in [-0.15, -0.1) is 0 Å². The highest BCUT2D eigenvalue weighted by atomic mass is 19.4. The van der Waals surface area contributed by atoms with Gasteiger partial charge in [-0.2, -0.15) is 13.2 Å². The van der Waals surface area contributed by atoms with Gasteiger partial charge in [0, 0.05) is 31.3 Å². The second-order valence-electron chi connectivity index (χ2n) is 4.79. The monoisotopic (exact) mass is 295 g/mol. The number of anilines is 2. The maximum Gasteiger partial charge on any atom is 0.417 e. The number of nitrogens with zero attached hydrogens (tertiary/aromatic N) is 4. The Hall–Kier alpha value is -2.38. The lowest BCUT2D eigenvalue weighted by Gasteiger charge is -2.30. The number of rotatable bonds is 1. The summed E-state index contributed by atoms with van der Waals surface area (Å²) in [6.07, 6.45) is -0.161. The van der Waals surface area contributed by atoms with Crippen molar-refractivity contribution in [2.24, 2.45) is 0 Å². The Labute approximate surface area is 118 Å². The van der Waals surface area contributed by atoms with Gasteiger partial charge < -0.3 is 10.6 Å². The lowest BCUT2D eigenvalue weighted by Crippen LogP contribution is -2.32. The number of pyridine rings is 1. The highest BCUT2D eigenvalue weighted by Crippen LogP contribution is 2.32. The third-order valence-corrected chi connectivity index (χ3v) is 3.45. The highest BCUT2D eigenvalue weighted by Gasteiger charge is 2.32. The summed E-state index contributed by atoms with van der Waals surface area (Å²) in [5, 5.41) is 0. The van der Waals surface area contributed by atoms with Gasteiger partial charge in [0.1, 0.15) is 12.1 Å². The zero-order chi connectivity index (χ0) is 15.0. The molecule has 0 fully saturated rings. The predicted molar refractivity (Wildman–Crippen MR) is 70.4 cm³/mol. The molecule has 2 aromatic heterocycles. The summed E-state index contributed by atoms with van der Waals surface area (Å²) in [7, 11) is 0. The summed E-state index contributed by atoms with van der Waals surface area (Å²) in [6.45, 7) is 0.942. The van der Waals surface area contributed by atoms with E-state index in [2.05, 4.69) is 15.0 Å². The van der Waals surface area contributed by atoms with Crippen LogP contribution in [0.2, 0.25) is 0 Å². The van der Waals surface area contributed by atoms with Gasteiger partial charge in [0.2, 0.25) is 0 Å². The molecule has 2 N–H and O–H groups in total. The van der Waals surface area contributed by atoms with Gasteiger partial charge in [0.05, 0.1) is 23.1 Å². The molecule has 0 unspecified atom stereocenters. The fourth-order valence-corrected chi connectivity index (χ4v) is 2.34. The summed E-state index contributed by atoms with van der Waals surface area (Å²) in [6, 6.07) is 1.10. The average molecular weight is 295 g/mol. The molecule has 0 saturated carbocycles. The molecule has 21 heavy (non-hydrogen) atoms. The first-order valence-corrected chi connectivity index (χ1v) is 6.30. The quantitative estimate of drug-likeness (QED) is 0.872. The zero-order valence-corrected chi connectivity index (χ0v) is 10.9. The first kappa shape index (κ1) is 13.6. The third kappa shape index (κ3) is 2.61. The minimum Gasteiger partial charge on any atom is -0.383 e. The lowest BCUT2D eigenvalue weighted by atomic mass is 10.1. The first-order chi connectivity index (χ1) is 9.95. The fraction of sp³-hybridized carbons (Fsp3) is 0.308. The molecule has 5 nitrogen and oxygen atoms in total. The summed E-state index contributed by atoms with van der Waals surface area (Å²) < 4.78 is 38.2. The molecule has 8 heteroatoms. The van der Waals surface area contributed by atoms with Crippen molar-refractivity contribution in [3.63, 3.8) is 0 Å². The topological polar surface area (TPSA) is 67.9 Å². The van der Waals surface area contributed by atoms with E-state index in [9.17, 15) is 13.2 Å². The van der Waals surface area contributed by atoms with Crippen molar-refractivity contribution in [3.05, 3.63) is 41.6 Å². The second kappa shape index (κ2) is 4.87. The molecule has 0 aromatic carbocycles. The second-order valence-corrected chi connectivity index (χ2v) is 4.79. The molecule has 0 radical (unpaired) electrons. The molecule has 0 atom stereocenters. The third-order valence-electron chi connectivity index (χ3n) is 3.45. The average Bonchev–Trinajstić information content (AvgIpc) is 2.47. The summed E-state index contributed by atoms with van der Waals surface area (Å²) in [4.78, 5) is 13.5. The number of alkyl halides is 3. The Morgan fingerprint density at radius 3 is 2.76 bits per heavy atom. The number of nitrogen functional groups attached to an aromatic ring is 1. The van der Waals surface area contributed by atoms with Gasteiger partial charge in [0.25, 0.3) is 0 Å². The molecular formula is C13H12F3N5. The molecule has 1 aliphatic rings. The number of halogens is 3. The molecular weight excluding hydrogens is 283 g/mol. The van der Waals surface area contributed by atoms with E-state index in [0.29, 0.717) is 31.0 Å². The summed E-state index contributed by atoms with van der Waals surface area (Å²) in [5.41, 5.74) is 7.07. The molecule has 1 aliphatic heterocycles. The van der Waals surface area contributed by atoms with Crippen LogP contribution in [0.1, 0.15) is 16.8 Å². The van der Waals surface area contributed by atoms with Crippen LogP contribution in [0.25, 0.3) is 0 Å². The van der Waals surface area contributed by atoms with Crippen molar-refractivity contribution in [1.82, 2.24) is 15.0 Å². The van der Waals surface area contributed by atoms with Crippen LogP contribution >= 0.6 is 0 Å². The van der Waals surface area contributed by atoms with E-state index in [1.54, 1.807) is 4.90 Å². The maximum atomic E-state index is 12.7. The van der Waals surface area contributed by atoms with Crippen LogP contribution in [0.15, 0.2) is 24.8 Å². The van der Waals surface area contributed by atoms with Crippen LogP contribution in [0.3, 0.4) is 0 Å². The van der Waals surface area contributed by atoms with E-state index in [1.165, 1.54) is 12.5 Å². The van der Waals surface area contributed by atoms with Gasteiger partial charge in [-0.25, -0.2) is 9.97 Å². The van der Waals surface area contributed by atoms with Crippen molar-refractivity contribution in [2.45, 2.75) is 19.1 Å². The Morgan fingerprint density at radius 2 is 2.00 bits per heavy atom. The van der Waals surface area contributed by atoms with E-state index < -0.39 is 11.7 Å². The van der Waals surface area contributed by atoms with Crippen LogP contribution in [0.5, 0.6) is 0 Å². The number of aromatic nitrogens is 3. The van der Waals surface area contributed by atoms with Gasteiger partial charge in [-0.1, -0.05) is 0 Å². The molecule has 110 valence electrons. The fourth-order valence-electron chi connectivity index (χ4n) is 2.34. The van der Waals surface area contributed by atoms with E-state index in [0.717, 1.165) is 23.5 Å². The molecule has 0 aliphatic carbocycles. The largest absolute Gasteiger partial charge is 0.417 e. The Bertz CT molecular complexity index is 671. The zero-order valence-electron chi connectivity index (χ0n) is 10.9. The number of nitrogens with two attached hydrogens (primary N) is 1. The summed E-state index contributed by atoms with van der Waals surface area (Å²) >= 11 is 0. The van der Waals surface area contributed by atoms with Crippen LogP contribution in [-0.4, -0.2) is 21.5 Å². The highest BCUT2D eigenvalue weighted by molar-refractivity contribution is 5.52. The van der Waals surface area contributed by atoms with Crippen molar-refractivity contribution >= 4 is 11.5 Å². The minimum absolute atomic E-state index is 0.365. The van der Waals surface area contributed by atoms with Crippen molar-refractivity contribution in [2.75, 3.05) is 17.2 Å². The maximum absolute atomic E-state index is 12.7. The first-order valence-electron chi connectivity index (χ1n) is 6.30. The van der Waals surface area contributed by atoms with E-state index in [1.807, 2.05) is 0 Å². The van der Waals surface area contributed by atoms with Crippen LogP contribution in [0.4, 0.5) is 24.7 Å². The number of hydrogen-bond acceptors (Lipinski definition) is 5. The van der Waals surface area contributed by atoms with Gasteiger partial charge in [-0.3, -0.25) is 4.98 Å².